The van der Waals surface area contributed by atoms with Crippen molar-refractivity contribution in [3.05, 3.63) is 35.9 Å². The molecule has 0 saturated carbocycles. The second-order valence-corrected chi connectivity index (χ2v) is 3.49. The SMILES string of the molecule is C#CC(C)N(C)C(=O)OCc1ccccc1. The summed E-state index contributed by atoms with van der Waals surface area (Å²) in [7, 11) is 1.62. The standard InChI is InChI=1S/C13H15NO2/c1-4-11(2)14(3)13(15)16-10-12-8-6-5-7-9-12/h1,5-9,11H,10H2,2-3H3. The fourth-order valence-corrected chi connectivity index (χ4v) is 1.09. The van der Waals surface area contributed by atoms with E-state index in [-0.39, 0.29) is 12.6 Å². The number of ether oxygens (including phenoxy) is 1. The van der Waals surface area contributed by atoms with E-state index in [1.54, 1.807) is 14.0 Å². The van der Waals surface area contributed by atoms with Crippen molar-refractivity contribution in [1.29, 1.82) is 0 Å². The van der Waals surface area contributed by atoms with E-state index in [1.807, 2.05) is 30.3 Å². The molecule has 16 heavy (non-hydrogen) atoms. The molecule has 0 N–H and O–H groups in total. The predicted molar refractivity (Wildman–Crippen MR) is 62.7 cm³/mol. The first kappa shape index (κ1) is 12.1. The Kier molecular flexibility index (Phi) is 4.41. The van der Waals surface area contributed by atoms with E-state index in [4.69, 9.17) is 11.2 Å². The molecule has 1 atom stereocenters. The van der Waals surface area contributed by atoms with Crippen LogP contribution in [0.3, 0.4) is 0 Å². The van der Waals surface area contributed by atoms with E-state index in [1.165, 1.54) is 4.90 Å². The molecule has 0 bridgehead atoms. The molecule has 3 heteroatoms. The maximum atomic E-state index is 11.5. The molecule has 0 heterocycles. The van der Waals surface area contributed by atoms with Gasteiger partial charge in [0.25, 0.3) is 0 Å². The van der Waals surface area contributed by atoms with E-state index >= 15 is 0 Å². The molecule has 0 aromatic heterocycles. The van der Waals surface area contributed by atoms with Crippen LogP contribution in [0, 0.1) is 12.3 Å². The molecule has 1 unspecified atom stereocenters. The fourth-order valence-electron chi connectivity index (χ4n) is 1.09. The van der Waals surface area contributed by atoms with Crippen molar-refractivity contribution in [2.75, 3.05) is 7.05 Å². The lowest BCUT2D eigenvalue weighted by atomic mass is 10.2. The van der Waals surface area contributed by atoms with Crippen molar-refractivity contribution in [3.8, 4) is 12.3 Å². The smallest absolute Gasteiger partial charge is 0.410 e. The van der Waals surface area contributed by atoms with Gasteiger partial charge in [-0.05, 0) is 12.5 Å². The molecule has 1 aromatic carbocycles. The minimum atomic E-state index is -0.408. The molecule has 0 saturated heterocycles. The summed E-state index contributed by atoms with van der Waals surface area (Å²) in [6.07, 6.45) is 4.81. The number of rotatable bonds is 3. The van der Waals surface area contributed by atoms with E-state index in [0.717, 1.165) is 5.56 Å². The number of benzene rings is 1. The van der Waals surface area contributed by atoms with Gasteiger partial charge in [0.15, 0.2) is 0 Å². The summed E-state index contributed by atoms with van der Waals surface area (Å²) in [5.41, 5.74) is 0.956. The number of nitrogens with zero attached hydrogens (tertiary/aromatic N) is 1. The second kappa shape index (κ2) is 5.82. The lowest BCUT2D eigenvalue weighted by molar-refractivity contribution is 0.100. The number of amides is 1. The summed E-state index contributed by atoms with van der Waals surface area (Å²) < 4.78 is 5.10. The molecule has 1 aromatic rings. The highest BCUT2D eigenvalue weighted by atomic mass is 16.6. The van der Waals surface area contributed by atoms with Crippen LogP contribution in [0.1, 0.15) is 12.5 Å². The summed E-state index contributed by atoms with van der Waals surface area (Å²) in [6, 6.07) is 9.25. The molecular weight excluding hydrogens is 202 g/mol. The molecule has 0 spiro atoms. The molecular formula is C13H15NO2. The van der Waals surface area contributed by atoms with Crippen LogP contribution in [0.15, 0.2) is 30.3 Å². The Balaban J connectivity index is 2.45. The maximum Gasteiger partial charge on any atom is 0.410 e. The van der Waals surface area contributed by atoms with Crippen molar-refractivity contribution in [3.63, 3.8) is 0 Å². The third-order valence-electron chi connectivity index (χ3n) is 2.32. The van der Waals surface area contributed by atoms with Gasteiger partial charge in [0.05, 0.1) is 6.04 Å². The lowest BCUT2D eigenvalue weighted by Gasteiger charge is -2.19. The van der Waals surface area contributed by atoms with Crippen LogP contribution in [0.4, 0.5) is 4.79 Å². The Morgan fingerprint density at radius 3 is 2.69 bits per heavy atom. The summed E-state index contributed by atoms with van der Waals surface area (Å²) in [4.78, 5) is 12.9. The molecule has 1 rings (SSSR count). The maximum absolute atomic E-state index is 11.5. The topological polar surface area (TPSA) is 29.5 Å². The van der Waals surface area contributed by atoms with Gasteiger partial charge in [0, 0.05) is 7.05 Å². The lowest BCUT2D eigenvalue weighted by Crippen LogP contribution is -2.34. The van der Waals surface area contributed by atoms with Crippen molar-refractivity contribution in [1.82, 2.24) is 4.90 Å². The molecule has 1 amide bonds. The van der Waals surface area contributed by atoms with Gasteiger partial charge in [-0.3, -0.25) is 4.90 Å². The molecule has 84 valence electrons. The largest absolute Gasteiger partial charge is 0.445 e. The number of terminal acetylenes is 1. The third-order valence-corrected chi connectivity index (χ3v) is 2.32. The number of hydrogen-bond acceptors (Lipinski definition) is 2. The summed E-state index contributed by atoms with van der Waals surface area (Å²) in [5.74, 6) is 2.47. The van der Waals surface area contributed by atoms with Crippen LogP contribution in [0.25, 0.3) is 0 Å². The molecule has 0 radical (unpaired) electrons. The first-order valence-electron chi connectivity index (χ1n) is 5.04. The van der Waals surface area contributed by atoms with Crippen LogP contribution in [-0.2, 0) is 11.3 Å². The van der Waals surface area contributed by atoms with Crippen molar-refractivity contribution in [2.24, 2.45) is 0 Å². The normalized spacial score (nSPS) is 11.3. The van der Waals surface area contributed by atoms with Crippen LogP contribution in [0.2, 0.25) is 0 Å². The molecule has 0 aliphatic carbocycles. The molecule has 0 fully saturated rings. The van der Waals surface area contributed by atoms with Gasteiger partial charge >= 0.3 is 6.09 Å². The molecule has 3 nitrogen and oxygen atoms in total. The number of carbonyl (C=O) groups excluding carboxylic acids is 1. The monoisotopic (exact) mass is 217 g/mol. The van der Waals surface area contributed by atoms with Crippen LogP contribution in [-0.4, -0.2) is 24.1 Å². The Hall–Kier alpha value is -1.95. The van der Waals surface area contributed by atoms with Crippen molar-refractivity contribution >= 4 is 6.09 Å². The van der Waals surface area contributed by atoms with E-state index in [9.17, 15) is 4.79 Å². The van der Waals surface area contributed by atoms with Crippen LogP contribution in [0.5, 0.6) is 0 Å². The Morgan fingerprint density at radius 2 is 2.12 bits per heavy atom. The van der Waals surface area contributed by atoms with Gasteiger partial charge in [-0.2, -0.15) is 0 Å². The minimum absolute atomic E-state index is 0.261. The van der Waals surface area contributed by atoms with Crippen molar-refractivity contribution in [2.45, 2.75) is 19.6 Å². The fraction of sp³-hybridized carbons (Fsp3) is 0.308. The molecule has 0 aliphatic heterocycles. The first-order valence-corrected chi connectivity index (χ1v) is 5.04. The summed E-state index contributed by atoms with van der Waals surface area (Å²) in [6.45, 7) is 2.03. The van der Waals surface area contributed by atoms with E-state index < -0.39 is 6.09 Å². The highest BCUT2D eigenvalue weighted by Crippen LogP contribution is 2.04. The third kappa shape index (κ3) is 3.32. The average molecular weight is 217 g/mol. The average Bonchev–Trinajstić information content (AvgIpc) is 2.35. The number of hydrogen-bond donors (Lipinski definition) is 0. The first-order chi connectivity index (χ1) is 7.65. The molecule has 0 aliphatic rings. The Bertz CT molecular complexity index is 381. The van der Waals surface area contributed by atoms with Gasteiger partial charge in [0.1, 0.15) is 6.61 Å². The number of carbonyl (C=O) groups is 1. The van der Waals surface area contributed by atoms with Gasteiger partial charge in [0.2, 0.25) is 0 Å². The van der Waals surface area contributed by atoms with Crippen LogP contribution < -0.4 is 0 Å². The quantitative estimate of drug-likeness (QED) is 0.727. The zero-order chi connectivity index (χ0) is 12.0. The highest BCUT2D eigenvalue weighted by molar-refractivity contribution is 5.68. The van der Waals surface area contributed by atoms with Crippen LogP contribution >= 0.6 is 0 Å². The van der Waals surface area contributed by atoms with E-state index in [0.29, 0.717) is 0 Å². The summed E-state index contributed by atoms with van der Waals surface area (Å²) >= 11 is 0. The highest BCUT2D eigenvalue weighted by Gasteiger charge is 2.14. The summed E-state index contributed by atoms with van der Waals surface area (Å²) in [5, 5.41) is 0. The zero-order valence-corrected chi connectivity index (χ0v) is 9.51. The van der Waals surface area contributed by atoms with Gasteiger partial charge in [-0.15, -0.1) is 6.42 Å². The zero-order valence-electron chi connectivity index (χ0n) is 9.51. The minimum Gasteiger partial charge on any atom is -0.445 e. The Morgan fingerprint density at radius 1 is 1.50 bits per heavy atom. The van der Waals surface area contributed by atoms with Gasteiger partial charge in [-0.25, -0.2) is 4.79 Å². The van der Waals surface area contributed by atoms with Gasteiger partial charge < -0.3 is 4.74 Å². The van der Waals surface area contributed by atoms with Gasteiger partial charge in [-0.1, -0.05) is 36.3 Å². The van der Waals surface area contributed by atoms with E-state index in [2.05, 4.69) is 5.92 Å². The second-order valence-electron chi connectivity index (χ2n) is 3.49. The Labute approximate surface area is 96.0 Å². The predicted octanol–water partition coefficient (Wildman–Crippen LogP) is 2.28. The van der Waals surface area contributed by atoms with Crippen molar-refractivity contribution < 1.29 is 9.53 Å².